The molecule has 9 heteroatoms. The Bertz CT molecular complexity index is 1170. The number of methoxy groups -OCH3 is 2. The highest BCUT2D eigenvalue weighted by atomic mass is 32.2. The maximum Gasteiger partial charge on any atom is 0.262 e. The van der Waals surface area contributed by atoms with Crippen molar-refractivity contribution in [1.82, 2.24) is 19.0 Å². The van der Waals surface area contributed by atoms with Gasteiger partial charge in [-0.25, -0.2) is 8.42 Å². The minimum absolute atomic E-state index is 0.0520. The molecule has 2 heterocycles. The normalized spacial score (nSPS) is 14.7. The molecule has 35 heavy (non-hydrogen) atoms. The van der Waals surface area contributed by atoms with Gasteiger partial charge >= 0.3 is 0 Å². The summed E-state index contributed by atoms with van der Waals surface area (Å²) >= 11 is 0. The Labute approximate surface area is 208 Å². The number of aromatic nitrogens is 2. The van der Waals surface area contributed by atoms with Gasteiger partial charge in [0.2, 0.25) is 0 Å². The Kier molecular flexibility index (Phi) is 7.49. The van der Waals surface area contributed by atoms with E-state index in [0.29, 0.717) is 0 Å². The first kappa shape index (κ1) is 25.2. The van der Waals surface area contributed by atoms with E-state index in [1.165, 1.54) is 10.7 Å². The third-order valence-corrected chi connectivity index (χ3v) is 8.07. The first-order chi connectivity index (χ1) is 16.7. The second-order valence-electron chi connectivity index (χ2n) is 9.51. The molecule has 0 bridgehead atoms. The quantitative estimate of drug-likeness (QED) is 0.401. The Balaban J connectivity index is 1.61. The largest absolute Gasteiger partial charge is 0.497 e. The molecule has 1 aromatic heterocycles. The van der Waals surface area contributed by atoms with Crippen LogP contribution in [-0.2, 0) is 28.7 Å². The first-order valence-electron chi connectivity index (χ1n) is 11.8. The summed E-state index contributed by atoms with van der Waals surface area (Å²) in [6, 6.07) is 16.5. The lowest BCUT2D eigenvalue weighted by Crippen LogP contribution is -2.47. The van der Waals surface area contributed by atoms with E-state index >= 15 is 0 Å². The van der Waals surface area contributed by atoms with Gasteiger partial charge in [0, 0.05) is 25.8 Å². The van der Waals surface area contributed by atoms with Crippen molar-refractivity contribution in [2.45, 2.75) is 43.9 Å². The highest BCUT2D eigenvalue weighted by Crippen LogP contribution is 2.25. The van der Waals surface area contributed by atoms with Crippen LogP contribution in [0.15, 0.2) is 65.8 Å². The van der Waals surface area contributed by atoms with E-state index in [1.54, 1.807) is 31.2 Å². The average Bonchev–Trinajstić information content (AvgIpc) is 3.34. The molecular formula is C26H34N4O4S. The number of nitrogens with zero attached hydrogens (tertiary/aromatic N) is 4. The zero-order valence-electron chi connectivity index (χ0n) is 20.8. The van der Waals surface area contributed by atoms with Crippen LogP contribution >= 0.6 is 0 Å². The van der Waals surface area contributed by atoms with Crippen LogP contribution < -0.4 is 9.47 Å². The highest BCUT2D eigenvalue weighted by Gasteiger charge is 2.31. The summed E-state index contributed by atoms with van der Waals surface area (Å²) < 4.78 is 41.3. The summed E-state index contributed by atoms with van der Waals surface area (Å²) in [6.45, 7) is 7.57. The number of hydrogen-bond donors (Lipinski definition) is 0. The van der Waals surface area contributed by atoms with Crippen molar-refractivity contribution in [3.63, 3.8) is 0 Å². The van der Waals surface area contributed by atoms with E-state index in [0.717, 1.165) is 42.3 Å². The predicted molar refractivity (Wildman–Crippen MR) is 135 cm³/mol. The molecule has 0 atom stereocenters. The summed E-state index contributed by atoms with van der Waals surface area (Å²) in [5, 5.41) is 4.60. The van der Waals surface area contributed by atoms with E-state index in [4.69, 9.17) is 9.47 Å². The van der Waals surface area contributed by atoms with Gasteiger partial charge in [0.05, 0.1) is 19.8 Å². The van der Waals surface area contributed by atoms with Crippen molar-refractivity contribution < 1.29 is 17.9 Å². The molecule has 0 amide bonds. The number of benzene rings is 2. The Morgan fingerprint density at radius 3 is 1.83 bits per heavy atom. The molecule has 0 unspecified atom stereocenters. The number of likely N-dealkylation sites (tertiary alicyclic amines) is 1. The van der Waals surface area contributed by atoms with Gasteiger partial charge in [-0.05, 0) is 74.8 Å². The first-order valence-corrected chi connectivity index (χ1v) is 13.2. The smallest absolute Gasteiger partial charge is 0.262 e. The molecule has 1 aliphatic heterocycles. The average molecular weight is 499 g/mol. The number of hydrogen-bond acceptors (Lipinski definition) is 6. The van der Waals surface area contributed by atoms with Crippen molar-refractivity contribution >= 4 is 10.0 Å². The Hall–Kier alpha value is -2.88. The second kappa shape index (κ2) is 10.4. The van der Waals surface area contributed by atoms with Gasteiger partial charge in [-0.3, -0.25) is 4.68 Å². The summed E-state index contributed by atoms with van der Waals surface area (Å²) in [5.41, 5.74) is 1.41. The van der Waals surface area contributed by atoms with E-state index in [-0.39, 0.29) is 23.7 Å². The molecule has 0 aliphatic carbocycles. The fourth-order valence-electron chi connectivity index (χ4n) is 4.17. The molecular weight excluding hydrogens is 464 g/mol. The SMILES string of the molecule is COc1ccc(CN(Cc2ccc(OC)cc2)S(=O)(=O)c2ccn(C(C)(C)CN3CCC3)n2)cc1. The van der Waals surface area contributed by atoms with Crippen LogP contribution in [0, 0.1) is 0 Å². The van der Waals surface area contributed by atoms with Crippen LogP contribution in [0.25, 0.3) is 0 Å². The van der Waals surface area contributed by atoms with Crippen LogP contribution in [0.4, 0.5) is 0 Å². The van der Waals surface area contributed by atoms with E-state index in [1.807, 2.05) is 48.5 Å². The highest BCUT2D eigenvalue weighted by molar-refractivity contribution is 7.89. The van der Waals surface area contributed by atoms with Gasteiger partial charge in [-0.15, -0.1) is 0 Å². The summed E-state index contributed by atoms with van der Waals surface area (Å²) in [6.07, 6.45) is 2.98. The predicted octanol–water partition coefficient (Wildman–Crippen LogP) is 3.73. The van der Waals surface area contributed by atoms with E-state index in [2.05, 4.69) is 23.8 Å². The zero-order chi connectivity index (χ0) is 25.1. The zero-order valence-corrected chi connectivity index (χ0v) is 21.7. The second-order valence-corrected chi connectivity index (χ2v) is 11.4. The van der Waals surface area contributed by atoms with Gasteiger partial charge in [-0.2, -0.15) is 9.40 Å². The maximum atomic E-state index is 13.8. The molecule has 1 saturated heterocycles. The number of rotatable bonds is 11. The molecule has 0 spiro atoms. The Morgan fingerprint density at radius 2 is 1.40 bits per heavy atom. The lowest BCUT2D eigenvalue weighted by molar-refractivity contribution is 0.112. The van der Waals surface area contributed by atoms with Gasteiger partial charge in [0.15, 0.2) is 5.03 Å². The van der Waals surface area contributed by atoms with Crippen molar-refractivity contribution in [1.29, 1.82) is 0 Å². The van der Waals surface area contributed by atoms with Crippen LogP contribution in [-0.4, -0.2) is 61.3 Å². The molecule has 4 rings (SSSR count). The van der Waals surface area contributed by atoms with Crippen LogP contribution in [0.5, 0.6) is 11.5 Å². The van der Waals surface area contributed by atoms with E-state index in [9.17, 15) is 8.42 Å². The van der Waals surface area contributed by atoms with Gasteiger partial charge in [0.1, 0.15) is 11.5 Å². The topological polar surface area (TPSA) is 76.9 Å². The molecule has 0 N–H and O–H groups in total. The van der Waals surface area contributed by atoms with Crippen molar-refractivity contribution in [2.24, 2.45) is 0 Å². The van der Waals surface area contributed by atoms with Crippen molar-refractivity contribution in [2.75, 3.05) is 33.9 Å². The minimum atomic E-state index is -3.86. The van der Waals surface area contributed by atoms with Gasteiger partial charge in [0.25, 0.3) is 10.0 Å². The fraction of sp³-hybridized carbons (Fsp3) is 0.423. The number of ether oxygens (including phenoxy) is 2. The molecule has 1 aliphatic rings. The summed E-state index contributed by atoms with van der Waals surface area (Å²) in [5.74, 6) is 1.45. The monoisotopic (exact) mass is 498 g/mol. The molecule has 2 aromatic carbocycles. The standard InChI is InChI=1S/C26H34N4O4S/c1-26(2,20-28-15-5-16-28)30-17-14-25(27-30)35(31,32)29(18-21-6-10-23(33-3)11-7-21)19-22-8-12-24(34-4)13-9-22/h6-14,17H,5,15-16,18-20H2,1-4H3. The van der Waals surface area contributed by atoms with Crippen LogP contribution in [0.2, 0.25) is 0 Å². The molecule has 0 radical (unpaired) electrons. The Morgan fingerprint density at radius 1 is 0.886 bits per heavy atom. The molecule has 188 valence electrons. The molecule has 1 fully saturated rings. The minimum Gasteiger partial charge on any atom is -0.497 e. The van der Waals surface area contributed by atoms with Crippen LogP contribution in [0.1, 0.15) is 31.4 Å². The summed E-state index contributed by atoms with van der Waals surface area (Å²) in [4.78, 5) is 2.36. The maximum absolute atomic E-state index is 13.8. The third kappa shape index (κ3) is 5.86. The fourth-order valence-corrected chi connectivity index (χ4v) is 5.50. The van der Waals surface area contributed by atoms with Gasteiger partial charge in [-0.1, -0.05) is 24.3 Å². The lowest BCUT2D eigenvalue weighted by atomic mass is 10.0. The van der Waals surface area contributed by atoms with Gasteiger partial charge < -0.3 is 14.4 Å². The van der Waals surface area contributed by atoms with E-state index < -0.39 is 10.0 Å². The summed E-state index contributed by atoms with van der Waals surface area (Å²) in [7, 11) is -0.650. The molecule has 3 aromatic rings. The lowest BCUT2D eigenvalue weighted by Gasteiger charge is -2.38. The molecule has 8 nitrogen and oxygen atoms in total. The molecule has 0 saturated carbocycles. The van der Waals surface area contributed by atoms with Crippen molar-refractivity contribution in [3.8, 4) is 11.5 Å². The van der Waals surface area contributed by atoms with Crippen molar-refractivity contribution in [3.05, 3.63) is 71.9 Å². The third-order valence-electron chi connectivity index (χ3n) is 6.38. The number of sulfonamides is 1. The van der Waals surface area contributed by atoms with Crippen LogP contribution in [0.3, 0.4) is 0 Å².